The number of aliphatic imine (C=N–C) groups is 1. The molecule has 1 aromatic carbocycles. The molecule has 0 spiro atoms. The zero-order valence-electron chi connectivity index (χ0n) is 18.4. The van der Waals surface area contributed by atoms with Crippen molar-refractivity contribution in [3.05, 3.63) is 60.5 Å². The van der Waals surface area contributed by atoms with Crippen molar-refractivity contribution in [1.29, 1.82) is 0 Å². The minimum Gasteiger partial charge on any atom is -0.487 e. The second-order valence-corrected chi connectivity index (χ2v) is 7.50. The molecule has 2 N–H and O–H groups in total. The number of morpholine rings is 1. The summed E-state index contributed by atoms with van der Waals surface area (Å²) in [5, 5.41) is 6.00. The highest BCUT2D eigenvalue weighted by Crippen LogP contribution is 2.34. The lowest BCUT2D eigenvalue weighted by Crippen LogP contribution is -2.37. The third kappa shape index (κ3) is 5.05. The number of terminal acetylenes is 1. The van der Waals surface area contributed by atoms with E-state index < -0.39 is 0 Å². The molecule has 0 radical (unpaired) electrons. The van der Waals surface area contributed by atoms with Crippen molar-refractivity contribution < 1.29 is 14.3 Å². The molecule has 4 rings (SSSR count). The number of carbonyl (C=O) groups excluding carboxylic acids is 1. The zero-order valence-corrected chi connectivity index (χ0v) is 18.4. The monoisotopic (exact) mass is 443 g/mol. The number of pyridine rings is 1. The van der Waals surface area contributed by atoms with Crippen LogP contribution < -0.4 is 15.4 Å². The number of amides is 1. The van der Waals surface area contributed by atoms with Crippen LogP contribution in [0.1, 0.15) is 6.92 Å². The van der Waals surface area contributed by atoms with E-state index >= 15 is 0 Å². The van der Waals surface area contributed by atoms with Gasteiger partial charge in [-0.05, 0) is 42.8 Å². The van der Waals surface area contributed by atoms with Crippen LogP contribution >= 0.6 is 0 Å². The Morgan fingerprint density at radius 1 is 1.30 bits per heavy atom. The first-order valence-corrected chi connectivity index (χ1v) is 10.6. The number of hydrogen-bond acceptors (Lipinski definition) is 6. The van der Waals surface area contributed by atoms with Crippen molar-refractivity contribution in [1.82, 2.24) is 9.88 Å². The number of fused-ring (bicyclic) bond motifs is 1. The highest BCUT2D eigenvalue weighted by molar-refractivity contribution is 6.10. The molecule has 1 fully saturated rings. The lowest BCUT2D eigenvalue weighted by atomic mass is 10.1. The summed E-state index contributed by atoms with van der Waals surface area (Å²) in [5.74, 6) is 1.45. The third-order valence-corrected chi connectivity index (χ3v) is 5.52. The average Bonchev–Trinajstić information content (AvgIpc) is 3.03. The molecular formula is C25H25N5O3. The summed E-state index contributed by atoms with van der Waals surface area (Å²) in [4.78, 5) is 22.3. The number of allylic oxidation sites excluding steroid dienone is 1. The van der Waals surface area contributed by atoms with Crippen LogP contribution in [0.25, 0.3) is 11.1 Å². The zero-order chi connectivity index (χ0) is 23.2. The second-order valence-electron chi connectivity index (χ2n) is 7.50. The Morgan fingerprint density at radius 3 is 2.79 bits per heavy atom. The second kappa shape index (κ2) is 10.0. The van der Waals surface area contributed by atoms with Crippen LogP contribution in [0.4, 0.5) is 11.5 Å². The van der Waals surface area contributed by atoms with Crippen LogP contribution in [-0.2, 0) is 9.53 Å². The van der Waals surface area contributed by atoms with Crippen LogP contribution in [0.15, 0.2) is 65.4 Å². The molecular weight excluding hydrogens is 418 g/mol. The normalized spacial score (nSPS) is 18.2. The van der Waals surface area contributed by atoms with Gasteiger partial charge in [0.25, 0.3) is 0 Å². The lowest BCUT2D eigenvalue weighted by molar-refractivity contribution is -0.111. The van der Waals surface area contributed by atoms with E-state index in [4.69, 9.17) is 15.9 Å². The lowest BCUT2D eigenvalue weighted by Gasteiger charge is -2.31. The summed E-state index contributed by atoms with van der Waals surface area (Å²) in [5.41, 5.74) is 4.55. The average molecular weight is 444 g/mol. The molecule has 33 heavy (non-hydrogen) atoms. The van der Waals surface area contributed by atoms with Crippen LogP contribution in [-0.4, -0.2) is 54.5 Å². The molecule has 168 valence electrons. The fraction of sp³-hybridized carbons (Fsp3) is 0.240. The highest BCUT2D eigenvalue weighted by atomic mass is 16.5. The minimum absolute atomic E-state index is 0.307. The molecule has 0 unspecified atom stereocenters. The Labute approximate surface area is 193 Å². The highest BCUT2D eigenvalue weighted by Gasteiger charge is 2.23. The van der Waals surface area contributed by atoms with E-state index in [1.165, 1.54) is 6.08 Å². The van der Waals surface area contributed by atoms with Crippen molar-refractivity contribution in [3.8, 4) is 29.3 Å². The van der Waals surface area contributed by atoms with Gasteiger partial charge in [0, 0.05) is 36.6 Å². The Morgan fingerprint density at radius 2 is 2.09 bits per heavy atom. The molecule has 0 aliphatic carbocycles. The predicted molar refractivity (Wildman–Crippen MR) is 129 cm³/mol. The van der Waals surface area contributed by atoms with Gasteiger partial charge in [-0.1, -0.05) is 19.1 Å². The van der Waals surface area contributed by atoms with E-state index in [9.17, 15) is 4.79 Å². The minimum atomic E-state index is -0.307. The summed E-state index contributed by atoms with van der Waals surface area (Å²) in [6.45, 7) is 8.84. The van der Waals surface area contributed by atoms with Crippen molar-refractivity contribution >= 4 is 23.2 Å². The molecule has 1 amide bonds. The van der Waals surface area contributed by atoms with E-state index in [-0.39, 0.29) is 5.91 Å². The van der Waals surface area contributed by atoms with Gasteiger partial charge in [-0.15, -0.1) is 0 Å². The van der Waals surface area contributed by atoms with Gasteiger partial charge >= 0.3 is 0 Å². The number of ether oxygens (including phenoxy) is 2. The van der Waals surface area contributed by atoms with Crippen LogP contribution in [0.5, 0.6) is 5.75 Å². The molecule has 8 heteroatoms. The molecule has 1 aromatic heterocycles. The van der Waals surface area contributed by atoms with Crippen LogP contribution in [0.2, 0.25) is 0 Å². The van der Waals surface area contributed by atoms with Gasteiger partial charge in [0.2, 0.25) is 5.91 Å². The van der Waals surface area contributed by atoms with E-state index in [2.05, 4.69) is 45.1 Å². The molecule has 2 aromatic rings. The van der Waals surface area contributed by atoms with Crippen molar-refractivity contribution in [2.45, 2.75) is 6.92 Å². The molecule has 0 saturated carbocycles. The largest absolute Gasteiger partial charge is 0.487 e. The quantitative estimate of drug-likeness (QED) is 0.557. The third-order valence-electron chi connectivity index (χ3n) is 5.52. The van der Waals surface area contributed by atoms with E-state index in [1.54, 1.807) is 12.3 Å². The standard InChI is InChI=1S/C25H25N5O3/c1-4-24(31)29-23-9-7-19(15-27-23)18-6-8-22-21(14-18)28-25(26-5-2)20(16-33-22)17(3)30-10-12-32-13-11-30/h2,4,6-9,14-15H,1,10-13,16H2,3H3,(H,26,28)(H,27,29,31)/b20-17+. The summed E-state index contributed by atoms with van der Waals surface area (Å²) >= 11 is 0. The SMILES string of the molecule is C#CN=C1Nc2cc(-c3ccc(NC(=O)C=C)nc3)ccc2OC/C1=C(/C)N1CCOCC1. The van der Waals surface area contributed by atoms with Crippen molar-refractivity contribution in [2.75, 3.05) is 43.5 Å². The van der Waals surface area contributed by atoms with Gasteiger partial charge in [-0.25, -0.2) is 4.98 Å². The number of hydrogen-bond donors (Lipinski definition) is 2. The van der Waals surface area contributed by atoms with Crippen molar-refractivity contribution in [3.63, 3.8) is 0 Å². The summed E-state index contributed by atoms with van der Waals surface area (Å²) < 4.78 is 11.6. The van der Waals surface area contributed by atoms with Crippen molar-refractivity contribution in [2.24, 2.45) is 4.99 Å². The number of aromatic nitrogens is 1. The first kappa shape index (κ1) is 22.1. The topological polar surface area (TPSA) is 88.1 Å². The molecule has 2 aliphatic rings. The Hall–Kier alpha value is -4.09. The van der Waals surface area contributed by atoms with Gasteiger partial charge in [0.15, 0.2) is 0 Å². The van der Waals surface area contributed by atoms with Gasteiger partial charge in [0.05, 0.1) is 24.5 Å². The van der Waals surface area contributed by atoms with Gasteiger partial charge in [0.1, 0.15) is 24.0 Å². The Balaban J connectivity index is 1.62. The number of anilines is 2. The summed E-state index contributed by atoms with van der Waals surface area (Å²) in [6, 6.07) is 11.9. The summed E-state index contributed by atoms with van der Waals surface area (Å²) in [6.07, 6.45) is 8.43. The van der Waals surface area contributed by atoms with E-state index in [1.807, 2.05) is 24.3 Å². The number of carbonyl (C=O) groups is 1. The fourth-order valence-corrected chi connectivity index (χ4v) is 3.70. The van der Waals surface area contributed by atoms with Crippen LogP contribution in [0, 0.1) is 12.5 Å². The van der Waals surface area contributed by atoms with Crippen LogP contribution in [0.3, 0.4) is 0 Å². The van der Waals surface area contributed by atoms with E-state index in [0.29, 0.717) is 37.2 Å². The smallest absolute Gasteiger partial charge is 0.248 e. The first-order valence-electron chi connectivity index (χ1n) is 10.6. The first-order chi connectivity index (χ1) is 16.1. The number of rotatable bonds is 4. The van der Waals surface area contributed by atoms with Gasteiger partial charge in [-0.2, -0.15) is 4.99 Å². The molecule has 0 atom stereocenters. The maximum atomic E-state index is 11.5. The molecule has 1 saturated heterocycles. The Bertz CT molecular complexity index is 1160. The predicted octanol–water partition coefficient (Wildman–Crippen LogP) is 3.27. The number of nitrogens with zero attached hydrogens (tertiary/aromatic N) is 3. The van der Waals surface area contributed by atoms with E-state index in [0.717, 1.165) is 41.2 Å². The van der Waals surface area contributed by atoms with Gasteiger partial charge < -0.3 is 25.0 Å². The maximum Gasteiger partial charge on any atom is 0.248 e. The molecule has 2 aliphatic heterocycles. The Kier molecular flexibility index (Phi) is 6.72. The number of amidine groups is 1. The van der Waals surface area contributed by atoms with Gasteiger partial charge in [-0.3, -0.25) is 4.79 Å². The number of benzene rings is 1. The number of nitrogens with one attached hydrogen (secondary N) is 2. The summed E-state index contributed by atoms with van der Waals surface area (Å²) in [7, 11) is 0. The fourth-order valence-electron chi connectivity index (χ4n) is 3.70. The molecule has 3 heterocycles. The molecule has 8 nitrogen and oxygen atoms in total. The maximum absolute atomic E-state index is 11.5. The molecule has 0 bridgehead atoms.